The minimum atomic E-state index is -0.297. The average Bonchev–Trinajstić information content (AvgIpc) is 2.98. The number of unbranched alkanes of at least 4 members (excludes halogenated alkanes) is 1. The van der Waals surface area contributed by atoms with Gasteiger partial charge in [0.15, 0.2) is 0 Å². The first-order valence-corrected chi connectivity index (χ1v) is 10.4. The predicted molar refractivity (Wildman–Crippen MR) is 118 cm³/mol. The second kappa shape index (κ2) is 10.8. The molecule has 0 radical (unpaired) electrons. The van der Waals surface area contributed by atoms with Gasteiger partial charge in [-0.25, -0.2) is 0 Å². The van der Waals surface area contributed by atoms with Gasteiger partial charge in [0.25, 0.3) is 5.91 Å². The van der Waals surface area contributed by atoms with E-state index in [-0.39, 0.29) is 11.8 Å². The third-order valence-corrected chi connectivity index (χ3v) is 5.06. The lowest BCUT2D eigenvalue weighted by atomic mass is 10.1. The number of hydrogen-bond acceptors (Lipinski definition) is 3. The molecule has 6 nitrogen and oxygen atoms in total. The van der Waals surface area contributed by atoms with Crippen LogP contribution in [0.2, 0.25) is 5.15 Å². The highest BCUT2D eigenvalue weighted by molar-refractivity contribution is 6.31. The van der Waals surface area contributed by atoms with E-state index in [4.69, 9.17) is 11.6 Å². The number of aryl methyl sites for hydroxylation is 2. The number of carbonyl (C=O) groups is 2. The smallest absolute Gasteiger partial charge is 0.253 e. The van der Waals surface area contributed by atoms with Crippen molar-refractivity contribution in [3.8, 4) is 0 Å². The Morgan fingerprint density at radius 2 is 1.97 bits per heavy atom. The summed E-state index contributed by atoms with van der Waals surface area (Å²) in [4.78, 5) is 26.6. The van der Waals surface area contributed by atoms with E-state index in [0.29, 0.717) is 29.5 Å². The molecule has 1 heterocycles. The van der Waals surface area contributed by atoms with Crippen molar-refractivity contribution in [1.82, 2.24) is 14.7 Å². The van der Waals surface area contributed by atoms with Gasteiger partial charge in [0, 0.05) is 42.5 Å². The van der Waals surface area contributed by atoms with Crippen LogP contribution >= 0.6 is 11.6 Å². The van der Waals surface area contributed by atoms with E-state index < -0.39 is 0 Å². The number of halogens is 1. The Balaban J connectivity index is 2.09. The van der Waals surface area contributed by atoms with Crippen LogP contribution in [0.25, 0.3) is 6.08 Å². The lowest BCUT2D eigenvalue weighted by Crippen LogP contribution is -2.30. The normalized spacial score (nSPS) is 11.1. The molecule has 7 heteroatoms. The molecule has 0 unspecified atom stereocenters. The number of anilines is 1. The van der Waals surface area contributed by atoms with Crippen LogP contribution in [0.5, 0.6) is 0 Å². The van der Waals surface area contributed by atoms with Crippen molar-refractivity contribution >= 4 is 35.2 Å². The van der Waals surface area contributed by atoms with Gasteiger partial charge in [0.05, 0.1) is 5.69 Å². The SMILES string of the molecule is CCCCn1nc(C)c(/C=C/C(=O)Nc2cccc(C(=O)N(CC)CC)c2)c1Cl. The quantitative estimate of drug-likeness (QED) is 0.598. The first-order valence-electron chi connectivity index (χ1n) is 10.0. The molecule has 0 atom stereocenters. The van der Waals surface area contributed by atoms with Crippen molar-refractivity contribution in [3.63, 3.8) is 0 Å². The second-order valence-corrected chi connectivity index (χ2v) is 7.11. The molecule has 0 spiro atoms. The van der Waals surface area contributed by atoms with Crippen LogP contribution in [-0.2, 0) is 11.3 Å². The van der Waals surface area contributed by atoms with Gasteiger partial charge in [-0.15, -0.1) is 0 Å². The fourth-order valence-corrected chi connectivity index (χ4v) is 3.30. The van der Waals surface area contributed by atoms with Crippen LogP contribution in [0.3, 0.4) is 0 Å². The van der Waals surface area contributed by atoms with Gasteiger partial charge in [0.1, 0.15) is 5.15 Å². The molecule has 1 N–H and O–H groups in total. The Hall–Kier alpha value is -2.60. The van der Waals surface area contributed by atoms with Gasteiger partial charge in [-0.3, -0.25) is 14.3 Å². The molecule has 0 fully saturated rings. The zero-order valence-corrected chi connectivity index (χ0v) is 18.3. The molecule has 0 bridgehead atoms. The van der Waals surface area contributed by atoms with Crippen molar-refractivity contribution in [2.75, 3.05) is 18.4 Å². The van der Waals surface area contributed by atoms with Crippen molar-refractivity contribution < 1.29 is 9.59 Å². The summed E-state index contributed by atoms with van der Waals surface area (Å²) in [6, 6.07) is 6.95. The first kappa shape index (κ1) is 22.7. The van der Waals surface area contributed by atoms with Crippen LogP contribution in [0.4, 0.5) is 5.69 Å². The summed E-state index contributed by atoms with van der Waals surface area (Å²) in [5.74, 6) is -0.349. The molecule has 2 aromatic rings. The molecule has 0 saturated heterocycles. The fourth-order valence-electron chi connectivity index (χ4n) is 2.98. The minimum absolute atomic E-state index is 0.0523. The van der Waals surface area contributed by atoms with E-state index in [0.717, 1.165) is 30.6 Å². The zero-order chi connectivity index (χ0) is 21.4. The number of hydrogen-bond donors (Lipinski definition) is 1. The Morgan fingerprint density at radius 1 is 1.24 bits per heavy atom. The van der Waals surface area contributed by atoms with E-state index in [1.165, 1.54) is 6.08 Å². The maximum atomic E-state index is 12.5. The van der Waals surface area contributed by atoms with Gasteiger partial charge < -0.3 is 10.2 Å². The van der Waals surface area contributed by atoms with Crippen LogP contribution in [-0.4, -0.2) is 39.6 Å². The fraction of sp³-hybridized carbons (Fsp3) is 0.409. The van der Waals surface area contributed by atoms with E-state index in [2.05, 4.69) is 17.3 Å². The van der Waals surface area contributed by atoms with Crippen molar-refractivity contribution in [3.05, 3.63) is 52.3 Å². The summed E-state index contributed by atoms with van der Waals surface area (Å²) < 4.78 is 1.76. The number of nitrogens with one attached hydrogen (secondary N) is 1. The molecule has 2 rings (SSSR count). The van der Waals surface area contributed by atoms with E-state index >= 15 is 0 Å². The van der Waals surface area contributed by atoms with Crippen LogP contribution < -0.4 is 5.32 Å². The summed E-state index contributed by atoms with van der Waals surface area (Å²) in [5.41, 5.74) is 2.64. The zero-order valence-electron chi connectivity index (χ0n) is 17.5. The Kier molecular flexibility index (Phi) is 8.46. The molecular weight excluding hydrogens is 388 g/mol. The Morgan fingerprint density at radius 3 is 2.62 bits per heavy atom. The number of carbonyl (C=O) groups excluding carboxylic acids is 2. The molecule has 0 aliphatic rings. The summed E-state index contributed by atoms with van der Waals surface area (Å²) >= 11 is 6.40. The maximum Gasteiger partial charge on any atom is 0.253 e. The van der Waals surface area contributed by atoms with Gasteiger partial charge in [0.2, 0.25) is 5.91 Å². The highest BCUT2D eigenvalue weighted by Gasteiger charge is 2.13. The number of aromatic nitrogens is 2. The van der Waals surface area contributed by atoms with Gasteiger partial charge in [-0.2, -0.15) is 5.10 Å². The van der Waals surface area contributed by atoms with Gasteiger partial charge in [-0.1, -0.05) is 31.0 Å². The minimum Gasteiger partial charge on any atom is -0.339 e. The molecule has 1 aromatic heterocycles. The lowest BCUT2D eigenvalue weighted by Gasteiger charge is -2.18. The largest absolute Gasteiger partial charge is 0.339 e. The van der Waals surface area contributed by atoms with Gasteiger partial charge in [-0.05, 0) is 51.5 Å². The second-order valence-electron chi connectivity index (χ2n) is 6.75. The number of benzene rings is 1. The lowest BCUT2D eigenvalue weighted by molar-refractivity contribution is -0.111. The summed E-state index contributed by atoms with van der Waals surface area (Å²) in [6.07, 6.45) is 5.15. The summed E-state index contributed by atoms with van der Waals surface area (Å²) in [6.45, 7) is 9.89. The van der Waals surface area contributed by atoms with Crippen molar-refractivity contribution in [2.24, 2.45) is 0 Å². The van der Waals surface area contributed by atoms with Crippen molar-refractivity contribution in [1.29, 1.82) is 0 Å². The summed E-state index contributed by atoms with van der Waals surface area (Å²) in [5, 5.41) is 7.76. The molecule has 0 saturated carbocycles. The molecule has 1 aromatic carbocycles. The van der Waals surface area contributed by atoms with E-state index in [1.54, 1.807) is 39.9 Å². The molecule has 156 valence electrons. The molecule has 0 aliphatic heterocycles. The average molecular weight is 417 g/mol. The highest BCUT2D eigenvalue weighted by Crippen LogP contribution is 2.22. The standard InChI is InChI=1S/C22H29ClN4O2/c1-5-8-14-27-21(23)19(16(4)25-27)12-13-20(28)24-18-11-9-10-17(15-18)22(29)26(6-2)7-3/h9-13,15H,5-8,14H2,1-4H3,(H,24,28)/b13-12+. The van der Waals surface area contributed by atoms with Gasteiger partial charge >= 0.3 is 0 Å². The number of amides is 2. The monoisotopic (exact) mass is 416 g/mol. The number of rotatable bonds is 9. The number of nitrogens with zero attached hydrogens (tertiary/aromatic N) is 3. The third-order valence-electron chi connectivity index (χ3n) is 4.66. The Bertz CT molecular complexity index is 885. The Labute approximate surface area is 177 Å². The predicted octanol–water partition coefficient (Wildman–Crippen LogP) is 4.78. The van der Waals surface area contributed by atoms with Crippen LogP contribution in [0.1, 0.15) is 55.2 Å². The summed E-state index contributed by atoms with van der Waals surface area (Å²) in [7, 11) is 0. The van der Waals surface area contributed by atoms with Crippen molar-refractivity contribution in [2.45, 2.75) is 47.1 Å². The maximum absolute atomic E-state index is 12.5. The molecule has 2 amide bonds. The third kappa shape index (κ3) is 5.94. The highest BCUT2D eigenvalue weighted by atomic mass is 35.5. The van der Waals surface area contributed by atoms with E-state index in [9.17, 15) is 9.59 Å². The topological polar surface area (TPSA) is 67.2 Å². The van der Waals surface area contributed by atoms with Crippen LogP contribution in [0, 0.1) is 6.92 Å². The van der Waals surface area contributed by atoms with Crippen LogP contribution in [0.15, 0.2) is 30.3 Å². The molecule has 29 heavy (non-hydrogen) atoms. The van der Waals surface area contributed by atoms with E-state index in [1.807, 2.05) is 20.8 Å². The molecular formula is C22H29ClN4O2. The molecule has 0 aliphatic carbocycles. The first-order chi connectivity index (χ1) is 13.9.